The third-order valence-corrected chi connectivity index (χ3v) is 3.82. The molecule has 0 amide bonds. The smallest absolute Gasteiger partial charge is 0.213 e. The van der Waals surface area contributed by atoms with Gasteiger partial charge in [-0.05, 0) is 43.3 Å². The molecule has 0 aliphatic rings. The highest BCUT2D eigenvalue weighted by molar-refractivity contribution is 6.33. The van der Waals surface area contributed by atoms with E-state index in [9.17, 15) is 0 Å². The second-order valence-corrected chi connectivity index (χ2v) is 5.70. The quantitative estimate of drug-likeness (QED) is 0.610. The zero-order valence-electron chi connectivity index (χ0n) is 13.2. The highest BCUT2D eigenvalue weighted by Crippen LogP contribution is 2.28. The van der Waals surface area contributed by atoms with Crippen LogP contribution in [0.25, 0.3) is 11.3 Å². The molecule has 0 aliphatic carbocycles. The molecule has 0 aliphatic heterocycles. The Bertz CT molecular complexity index is 759. The molecule has 2 heterocycles. The van der Waals surface area contributed by atoms with Crippen molar-refractivity contribution in [1.82, 2.24) is 10.3 Å². The number of hydrogen-bond donors (Lipinski definition) is 1. The van der Waals surface area contributed by atoms with E-state index >= 15 is 0 Å². The van der Waals surface area contributed by atoms with E-state index < -0.39 is 0 Å². The Morgan fingerprint density at radius 1 is 1.04 bits per heavy atom. The van der Waals surface area contributed by atoms with E-state index in [0.29, 0.717) is 24.1 Å². The molecule has 2 aromatic heterocycles. The van der Waals surface area contributed by atoms with Gasteiger partial charge in [0.25, 0.3) is 0 Å². The van der Waals surface area contributed by atoms with Gasteiger partial charge in [0.2, 0.25) is 5.88 Å². The lowest BCUT2D eigenvalue weighted by atomic mass is 10.2. The number of halogens is 1. The normalized spacial score (nSPS) is 10.7. The van der Waals surface area contributed by atoms with E-state index in [1.165, 1.54) is 0 Å². The first kappa shape index (κ1) is 16.6. The summed E-state index contributed by atoms with van der Waals surface area (Å²) in [7, 11) is 0. The standard InChI is InChI=1S/C19H19ClN2O2/c20-17-7-2-1-6-16(17)18-10-9-15(24-18)14-21-11-5-13-23-19-8-3-4-12-22-19/h1-4,6-10,12,21H,5,11,13-14H2. The first-order valence-electron chi connectivity index (χ1n) is 7.91. The van der Waals surface area contributed by atoms with Crippen LogP contribution in [0, 0.1) is 0 Å². The lowest BCUT2D eigenvalue weighted by Crippen LogP contribution is -2.16. The maximum atomic E-state index is 6.19. The second-order valence-electron chi connectivity index (χ2n) is 5.29. The van der Waals surface area contributed by atoms with Crippen LogP contribution >= 0.6 is 11.6 Å². The molecule has 4 nitrogen and oxygen atoms in total. The van der Waals surface area contributed by atoms with Crippen LogP contribution in [0.4, 0.5) is 0 Å². The molecule has 3 aromatic rings. The minimum Gasteiger partial charge on any atom is -0.478 e. The molecule has 0 saturated carbocycles. The molecular formula is C19H19ClN2O2. The average Bonchev–Trinajstić information content (AvgIpc) is 3.08. The Morgan fingerprint density at radius 3 is 2.75 bits per heavy atom. The SMILES string of the molecule is Clc1ccccc1-c1ccc(CNCCCOc2ccccn2)o1. The largest absolute Gasteiger partial charge is 0.478 e. The molecule has 0 unspecified atom stereocenters. The van der Waals surface area contributed by atoms with E-state index in [4.69, 9.17) is 20.8 Å². The van der Waals surface area contributed by atoms with Crippen LogP contribution in [-0.4, -0.2) is 18.1 Å². The van der Waals surface area contributed by atoms with E-state index in [0.717, 1.165) is 30.0 Å². The zero-order chi connectivity index (χ0) is 16.6. The molecule has 0 radical (unpaired) electrons. The molecule has 1 N–H and O–H groups in total. The molecule has 1 aromatic carbocycles. The van der Waals surface area contributed by atoms with Crippen molar-refractivity contribution in [2.45, 2.75) is 13.0 Å². The predicted molar refractivity (Wildman–Crippen MR) is 95.2 cm³/mol. The van der Waals surface area contributed by atoms with Crippen molar-refractivity contribution in [2.24, 2.45) is 0 Å². The van der Waals surface area contributed by atoms with Crippen LogP contribution in [0.1, 0.15) is 12.2 Å². The van der Waals surface area contributed by atoms with Gasteiger partial charge in [-0.3, -0.25) is 0 Å². The number of benzene rings is 1. The summed E-state index contributed by atoms with van der Waals surface area (Å²) in [6, 6.07) is 17.2. The first-order chi connectivity index (χ1) is 11.8. The van der Waals surface area contributed by atoms with E-state index in [1.807, 2.05) is 54.6 Å². The number of rotatable bonds is 8. The summed E-state index contributed by atoms with van der Waals surface area (Å²) < 4.78 is 11.4. The number of pyridine rings is 1. The van der Waals surface area contributed by atoms with Crippen LogP contribution in [0.3, 0.4) is 0 Å². The van der Waals surface area contributed by atoms with Gasteiger partial charge >= 0.3 is 0 Å². The zero-order valence-corrected chi connectivity index (χ0v) is 14.0. The van der Waals surface area contributed by atoms with Crippen molar-refractivity contribution in [3.63, 3.8) is 0 Å². The summed E-state index contributed by atoms with van der Waals surface area (Å²) >= 11 is 6.19. The highest BCUT2D eigenvalue weighted by Gasteiger charge is 2.07. The van der Waals surface area contributed by atoms with Crippen LogP contribution in [-0.2, 0) is 6.54 Å². The molecule has 3 rings (SSSR count). The fourth-order valence-electron chi connectivity index (χ4n) is 2.30. The maximum Gasteiger partial charge on any atom is 0.213 e. The number of aromatic nitrogens is 1. The average molecular weight is 343 g/mol. The van der Waals surface area contributed by atoms with Gasteiger partial charge in [0.05, 0.1) is 18.2 Å². The van der Waals surface area contributed by atoms with Gasteiger partial charge in [-0.1, -0.05) is 29.8 Å². The number of nitrogens with zero attached hydrogens (tertiary/aromatic N) is 1. The molecule has 0 bridgehead atoms. The summed E-state index contributed by atoms with van der Waals surface area (Å²) in [5.74, 6) is 2.33. The van der Waals surface area contributed by atoms with Gasteiger partial charge in [-0.25, -0.2) is 4.98 Å². The number of nitrogens with one attached hydrogen (secondary N) is 1. The molecule has 124 valence electrons. The molecule has 5 heteroatoms. The maximum absolute atomic E-state index is 6.19. The number of ether oxygens (including phenoxy) is 1. The lowest BCUT2D eigenvalue weighted by molar-refractivity contribution is 0.296. The molecule has 0 saturated heterocycles. The van der Waals surface area contributed by atoms with Crippen molar-refractivity contribution < 1.29 is 9.15 Å². The first-order valence-corrected chi connectivity index (χ1v) is 8.29. The van der Waals surface area contributed by atoms with Gasteiger partial charge < -0.3 is 14.5 Å². The van der Waals surface area contributed by atoms with Crippen LogP contribution < -0.4 is 10.1 Å². The Labute approximate surface area is 146 Å². The third-order valence-electron chi connectivity index (χ3n) is 3.49. The number of hydrogen-bond acceptors (Lipinski definition) is 4. The summed E-state index contributed by atoms with van der Waals surface area (Å²) in [5.41, 5.74) is 0.911. The minimum atomic E-state index is 0.632. The lowest BCUT2D eigenvalue weighted by Gasteiger charge is -2.05. The second kappa shape index (κ2) is 8.52. The fourth-order valence-corrected chi connectivity index (χ4v) is 2.53. The van der Waals surface area contributed by atoms with Crippen LogP contribution in [0.2, 0.25) is 5.02 Å². The highest BCUT2D eigenvalue weighted by atomic mass is 35.5. The minimum absolute atomic E-state index is 0.632. The van der Waals surface area contributed by atoms with Gasteiger partial charge in [0.15, 0.2) is 0 Å². The van der Waals surface area contributed by atoms with Crippen molar-refractivity contribution in [3.05, 3.63) is 71.6 Å². The molecule has 24 heavy (non-hydrogen) atoms. The fraction of sp³-hybridized carbons (Fsp3) is 0.211. The summed E-state index contributed by atoms with van der Waals surface area (Å²) in [5, 5.41) is 4.03. The monoisotopic (exact) mass is 342 g/mol. The third kappa shape index (κ3) is 4.60. The summed E-state index contributed by atoms with van der Waals surface area (Å²) in [4.78, 5) is 4.11. The van der Waals surface area contributed by atoms with Gasteiger partial charge in [0.1, 0.15) is 11.5 Å². The van der Waals surface area contributed by atoms with Crippen molar-refractivity contribution >= 4 is 11.6 Å². The Kier molecular flexibility index (Phi) is 5.88. The summed E-state index contributed by atoms with van der Waals surface area (Å²) in [6.45, 7) is 2.15. The number of furan rings is 1. The van der Waals surface area contributed by atoms with Gasteiger partial charge in [0, 0.05) is 17.8 Å². The van der Waals surface area contributed by atoms with Crippen molar-refractivity contribution in [1.29, 1.82) is 0 Å². The van der Waals surface area contributed by atoms with Crippen LogP contribution in [0.5, 0.6) is 5.88 Å². The Hall–Kier alpha value is -2.30. The predicted octanol–water partition coefficient (Wildman–Crippen LogP) is 4.55. The Morgan fingerprint density at radius 2 is 1.92 bits per heavy atom. The van der Waals surface area contributed by atoms with Gasteiger partial charge in [-0.2, -0.15) is 0 Å². The molecule has 0 atom stereocenters. The molecular weight excluding hydrogens is 324 g/mol. The Balaban J connectivity index is 1.39. The summed E-state index contributed by atoms with van der Waals surface area (Å²) in [6.07, 6.45) is 2.62. The van der Waals surface area contributed by atoms with Gasteiger partial charge in [-0.15, -0.1) is 0 Å². The van der Waals surface area contributed by atoms with Crippen LogP contribution in [0.15, 0.2) is 65.2 Å². The molecule has 0 fully saturated rings. The van der Waals surface area contributed by atoms with Crippen molar-refractivity contribution in [2.75, 3.05) is 13.2 Å². The van der Waals surface area contributed by atoms with E-state index in [-0.39, 0.29) is 0 Å². The van der Waals surface area contributed by atoms with Crippen molar-refractivity contribution in [3.8, 4) is 17.2 Å². The van der Waals surface area contributed by atoms with E-state index in [2.05, 4.69) is 10.3 Å². The topological polar surface area (TPSA) is 47.3 Å². The molecule has 0 spiro atoms. The van der Waals surface area contributed by atoms with E-state index in [1.54, 1.807) is 6.20 Å².